The van der Waals surface area contributed by atoms with Crippen LogP contribution in [0.25, 0.3) is 33.7 Å². The van der Waals surface area contributed by atoms with Gasteiger partial charge in [-0.3, -0.25) is 9.69 Å². The van der Waals surface area contributed by atoms with Crippen LogP contribution in [0.1, 0.15) is 11.3 Å². The average molecular weight is 496 g/mol. The Kier molecular flexibility index (Phi) is 6.39. The van der Waals surface area contributed by atoms with E-state index < -0.39 is 0 Å². The molecular weight excluding hydrogens is 466 g/mol. The molecule has 0 spiro atoms. The lowest BCUT2D eigenvalue weighted by Gasteiger charge is -2.26. The van der Waals surface area contributed by atoms with E-state index in [9.17, 15) is 4.79 Å². The van der Waals surface area contributed by atoms with Crippen molar-refractivity contribution in [3.8, 4) is 22.6 Å². The number of methoxy groups -OCH3 is 1. The smallest absolute Gasteiger partial charge is 0.256 e. The van der Waals surface area contributed by atoms with Crippen LogP contribution in [0.2, 0.25) is 0 Å². The Morgan fingerprint density at radius 2 is 1.86 bits per heavy atom. The number of anilines is 1. The topological polar surface area (TPSA) is 75.8 Å². The van der Waals surface area contributed by atoms with E-state index in [1.807, 2.05) is 72.8 Å². The maximum absolute atomic E-state index is 12.9. The third-order valence-electron chi connectivity index (χ3n) is 6.91. The zero-order chi connectivity index (χ0) is 25.2. The number of hydrogen-bond acceptors (Lipinski definition) is 5. The number of carbonyl (C=O) groups excluding carboxylic acids is 1. The highest BCUT2D eigenvalue weighted by Gasteiger charge is 2.25. The number of nitrogens with one attached hydrogen (secondary N) is 2. The zero-order valence-electron chi connectivity index (χ0n) is 20.8. The Hall–Kier alpha value is -4.07. The molecule has 37 heavy (non-hydrogen) atoms. The molecule has 0 unspecified atom stereocenters. The minimum Gasteiger partial charge on any atom is -0.496 e. The average Bonchev–Trinajstić information content (AvgIpc) is 3.48. The number of morpholine rings is 1. The summed E-state index contributed by atoms with van der Waals surface area (Å²) >= 11 is 0. The van der Waals surface area contributed by atoms with Crippen molar-refractivity contribution in [2.24, 2.45) is 0 Å². The third-order valence-corrected chi connectivity index (χ3v) is 6.91. The molecule has 2 N–H and O–H groups in total. The van der Waals surface area contributed by atoms with Crippen LogP contribution in [-0.2, 0) is 9.53 Å². The highest BCUT2D eigenvalue weighted by molar-refractivity contribution is 6.35. The monoisotopic (exact) mass is 495 g/mol. The number of H-pyrrole nitrogens is 1. The van der Waals surface area contributed by atoms with Crippen LogP contribution in [0, 0.1) is 0 Å². The normalized spacial score (nSPS) is 16.7. The van der Waals surface area contributed by atoms with Crippen LogP contribution in [0.5, 0.6) is 11.5 Å². The van der Waals surface area contributed by atoms with E-state index in [4.69, 9.17) is 14.2 Å². The molecule has 7 nitrogen and oxygen atoms in total. The fraction of sp³-hybridized carbons (Fsp3) is 0.233. The summed E-state index contributed by atoms with van der Waals surface area (Å²) in [7, 11) is 1.66. The molecule has 1 saturated heterocycles. The molecule has 188 valence electrons. The summed E-state index contributed by atoms with van der Waals surface area (Å²) in [6.45, 7) is 5.02. The Balaban J connectivity index is 1.21. The molecule has 1 fully saturated rings. The van der Waals surface area contributed by atoms with Crippen LogP contribution in [0.3, 0.4) is 0 Å². The first-order valence-electron chi connectivity index (χ1n) is 12.5. The van der Waals surface area contributed by atoms with Crippen molar-refractivity contribution in [2.75, 3.05) is 51.9 Å². The summed E-state index contributed by atoms with van der Waals surface area (Å²) in [6, 6.07) is 22.0. The fourth-order valence-corrected chi connectivity index (χ4v) is 4.96. The number of para-hydroxylation sites is 1. The number of fused-ring (bicyclic) bond motifs is 2. The van der Waals surface area contributed by atoms with Crippen LogP contribution in [0.4, 0.5) is 5.69 Å². The first-order valence-corrected chi connectivity index (χ1v) is 12.5. The predicted octanol–water partition coefficient (Wildman–Crippen LogP) is 5.05. The lowest BCUT2D eigenvalue weighted by Crippen LogP contribution is -2.38. The summed E-state index contributed by atoms with van der Waals surface area (Å²) in [6.07, 6.45) is 1.91. The van der Waals surface area contributed by atoms with E-state index >= 15 is 0 Å². The van der Waals surface area contributed by atoms with Crippen molar-refractivity contribution >= 4 is 34.1 Å². The number of nitrogens with zero attached hydrogens (tertiary/aromatic N) is 1. The zero-order valence-corrected chi connectivity index (χ0v) is 20.8. The molecule has 4 aromatic rings. The Morgan fingerprint density at radius 1 is 1.00 bits per heavy atom. The number of carbonyl (C=O) groups is 1. The van der Waals surface area contributed by atoms with Gasteiger partial charge in [-0.2, -0.15) is 0 Å². The molecule has 7 heteroatoms. The molecule has 6 rings (SSSR count). The predicted molar refractivity (Wildman–Crippen MR) is 146 cm³/mol. The number of aromatic nitrogens is 1. The van der Waals surface area contributed by atoms with Crippen molar-refractivity contribution in [2.45, 2.75) is 0 Å². The largest absolute Gasteiger partial charge is 0.496 e. The van der Waals surface area contributed by atoms with Crippen LogP contribution >= 0.6 is 0 Å². The molecule has 3 heterocycles. The Labute approximate surface area is 215 Å². The molecule has 2 aliphatic heterocycles. The van der Waals surface area contributed by atoms with Gasteiger partial charge >= 0.3 is 0 Å². The lowest BCUT2D eigenvalue weighted by atomic mass is 9.99. The molecule has 0 aliphatic carbocycles. The van der Waals surface area contributed by atoms with Gasteiger partial charge in [0.15, 0.2) is 0 Å². The molecule has 0 bridgehead atoms. The first kappa shape index (κ1) is 23.3. The third kappa shape index (κ3) is 4.83. The van der Waals surface area contributed by atoms with Crippen LogP contribution in [0.15, 0.2) is 66.7 Å². The minimum atomic E-state index is -0.113. The summed E-state index contributed by atoms with van der Waals surface area (Å²) in [4.78, 5) is 18.6. The Morgan fingerprint density at radius 3 is 2.73 bits per heavy atom. The number of aromatic amines is 1. The quantitative estimate of drug-likeness (QED) is 0.351. The Bertz CT molecular complexity index is 1480. The van der Waals surface area contributed by atoms with Crippen molar-refractivity contribution in [3.63, 3.8) is 0 Å². The van der Waals surface area contributed by atoms with Gasteiger partial charge in [0.2, 0.25) is 0 Å². The summed E-state index contributed by atoms with van der Waals surface area (Å²) in [5.74, 6) is 1.52. The highest BCUT2D eigenvalue weighted by atomic mass is 16.5. The van der Waals surface area contributed by atoms with E-state index in [2.05, 4.69) is 15.2 Å². The van der Waals surface area contributed by atoms with Gasteiger partial charge < -0.3 is 24.5 Å². The second kappa shape index (κ2) is 10.1. The van der Waals surface area contributed by atoms with Gasteiger partial charge in [-0.25, -0.2) is 0 Å². The van der Waals surface area contributed by atoms with E-state index in [0.717, 1.165) is 83.3 Å². The van der Waals surface area contributed by atoms with Crippen molar-refractivity contribution in [3.05, 3.63) is 78.0 Å². The first-order chi connectivity index (χ1) is 18.2. The summed E-state index contributed by atoms with van der Waals surface area (Å²) in [5.41, 5.74) is 6.16. The van der Waals surface area contributed by atoms with E-state index in [1.54, 1.807) is 7.11 Å². The summed E-state index contributed by atoms with van der Waals surface area (Å²) < 4.78 is 16.9. The van der Waals surface area contributed by atoms with Crippen molar-refractivity contribution in [1.29, 1.82) is 0 Å². The van der Waals surface area contributed by atoms with Gasteiger partial charge in [-0.1, -0.05) is 30.3 Å². The van der Waals surface area contributed by atoms with E-state index in [1.165, 1.54) is 0 Å². The van der Waals surface area contributed by atoms with Crippen molar-refractivity contribution in [1.82, 2.24) is 9.88 Å². The molecule has 0 radical (unpaired) electrons. The van der Waals surface area contributed by atoms with Gasteiger partial charge in [0.25, 0.3) is 5.91 Å². The second-order valence-electron chi connectivity index (χ2n) is 9.25. The van der Waals surface area contributed by atoms with Gasteiger partial charge in [0, 0.05) is 53.0 Å². The van der Waals surface area contributed by atoms with Gasteiger partial charge in [-0.15, -0.1) is 0 Å². The van der Waals surface area contributed by atoms with Gasteiger partial charge in [0.05, 0.1) is 25.9 Å². The maximum atomic E-state index is 12.9. The SMILES string of the molecule is COc1ccccc1-c1ccc2c(c1)NC(=O)C2=Cc1cc2cc(OCCN3CCOCC3)ccc2[nH]1. The molecule has 0 atom stereocenters. The number of amides is 1. The fourth-order valence-electron chi connectivity index (χ4n) is 4.96. The number of ether oxygens (including phenoxy) is 3. The van der Waals surface area contributed by atoms with Gasteiger partial charge in [-0.05, 0) is 48.0 Å². The van der Waals surface area contributed by atoms with E-state index in [0.29, 0.717) is 12.2 Å². The molecule has 1 aromatic heterocycles. The second-order valence-corrected chi connectivity index (χ2v) is 9.25. The maximum Gasteiger partial charge on any atom is 0.256 e. The number of rotatable bonds is 7. The molecule has 0 saturated carbocycles. The number of benzene rings is 3. The molecule has 3 aromatic carbocycles. The lowest BCUT2D eigenvalue weighted by molar-refractivity contribution is -0.110. The summed E-state index contributed by atoms with van der Waals surface area (Å²) in [5, 5.41) is 4.06. The van der Waals surface area contributed by atoms with Crippen LogP contribution < -0.4 is 14.8 Å². The molecule has 2 aliphatic rings. The molecular formula is C30H29N3O4. The van der Waals surface area contributed by atoms with Crippen LogP contribution in [-0.4, -0.2) is 62.4 Å². The van der Waals surface area contributed by atoms with Gasteiger partial charge in [0.1, 0.15) is 18.1 Å². The number of hydrogen-bond donors (Lipinski definition) is 2. The van der Waals surface area contributed by atoms with E-state index in [-0.39, 0.29) is 5.91 Å². The molecule has 1 amide bonds. The minimum absolute atomic E-state index is 0.113. The van der Waals surface area contributed by atoms with Crippen molar-refractivity contribution < 1.29 is 19.0 Å². The highest BCUT2D eigenvalue weighted by Crippen LogP contribution is 2.38. The standard InChI is InChI=1S/C30H29N3O4/c1-35-29-5-3-2-4-24(29)20-6-8-25-26(30(34)32-28(25)18-20)19-22-16-21-17-23(7-9-27(21)31-22)37-15-12-33-10-13-36-14-11-33/h2-9,16-19,31H,10-15H2,1H3,(H,32,34).